The summed E-state index contributed by atoms with van der Waals surface area (Å²) in [5.74, 6) is 0.419. The van der Waals surface area contributed by atoms with Gasteiger partial charge in [-0.1, -0.05) is 0 Å². The number of amides is 1. The van der Waals surface area contributed by atoms with E-state index >= 15 is 0 Å². The van der Waals surface area contributed by atoms with Gasteiger partial charge in [-0.25, -0.2) is 0 Å². The predicted molar refractivity (Wildman–Crippen MR) is 47.6 cm³/mol. The minimum absolute atomic E-state index is 0.0899. The standard InChI is InChI=1S/C10H14N2O/c11-7-8-1-3-10(4-2-8)5-6-12-9(10)13/h8H,1-6H2,(H,12,13). The van der Waals surface area contributed by atoms with Gasteiger partial charge in [0.05, 0.1) is 11.5 Å². The summed E-state index contributed by atoms with van der Waals surface area (Å²) in [6, 6.07) is 2.29. The Kier molecular flexibility index (Phi) is 1.99. The van der Waals surface area contributed by atoms with E-state index < -0.39 is 0 Å². The van der Waals surface area contributed by atoms with Crippen LogP contribution in [0, 0.1) is 22.7 Å². The van der Waals surface area contributed by atoms with E-state index in [1.54, 1.807) is 0 Å². The van der Waals surface area contributed by atoms with Crippen LogP contribution in [0.3, 0.4) is 0 Å². The second kappa shape index (κ2) is 3.02. The maximum Gasteiger partial charge on any atom is 0.226 e. The summed E-state index contributed by atoms with van der Waals surface area (Å²) in [4.78, 5) is 11.6. The van der Waals surface area contributed by atoms with Gasteiger partial charge in [-0.15, -0.1) is 0 Å². The lowest BCUT2D eigenvalue weighted by atomic mass is 9.70. The van der Waals surface area contributed by atoms with E-state index in [4.69, 9.17) is 5.26 Å². The minimum Gasteiger partial charge on any atom is -0.356 e. The maximum absolute atomic E-state index is 11.6. The highest BCUT2D eigenvalue weighted by Crippen LogP contribution is 2.43. The fourth-order valence-corrected chi connectivity index (χ4v) is 2.49. The Morgan fingerprint density at radius 1 is 1.38 bits per heavy atom. The normalized spacial score (nSPS) is 38.7. The molecule has 2 fully saturated rings. The lowest BCUT2D eigenvalue weighted by molar-refractivity contribution is -0.129. The first-order chi connectivity index (χ1) is 6.27. The highest BCUT2D eigenvalue weighted by Gasteiger charge is 2.44. The molecule has 1 amide bonds. The summed E-state index contributed by atoms with van der Waals surface area (Å²) in [6.07, 6.45) is 4.62. The fraction of sp³-hybridized carbons (Fsp3) is 0.800. The molecule has 1 saturated heterocycles. The average molecular weight is 178 g/mol. The second-order valence-electron chi connectivity index (χ2n) is 4.19. The average Bonchev–Trinajstić information content (AvgIpc) is 2.50. The Morgan fingerprint density at radius 3 is 2.54 bits per heavy atom. The van der Waals surface area contributed by atoms with Crippen LogP contribution in [0.2, 0.25) is 0 Å². The molecule has 0 unspecified atom stereocenters. The number of nitrogens with zero attached hydrogens (tertiary/aromatic N) is 1. The van der Waals surface area contributed by atoms with Crippen LogP contribution in [0.4, 0.5) is 0 Å². The van der Waals surface area contributed by atoms with Crippen LogP contribution in [0.15, 0.2) is 0 Å². The summed E-state index contributed by atoms with van der Waals surface area (Å²) in [6.45, 7) is 0.829. The number of carbonyl (C=O) groups excluding carboxylic acids is 1. The van der Waals surface area contributed by atoms with E-state index in [2.05, 4.69) is 11.4 Å². The topological polar surface area (TPSA) is 52.9 Å². The molecule has 0 aromatic rings. The van der Waals surface area contributed by atoms with Gasteiger partial charge in [-0.05, 0) is 32.1 Å². The number of hydrogen-bond donors (Lipinski definition) is 1. The molecule has 1 saturated carbocycles. The number of nitrogens with one attached hydrogen (secondary N) is 1. The summed E-state index contributed by atoms with van der Waals surface area (Å²) in [5.41, 5.74) is -0.0899. The first-order valence-corrected chi connectivity index (χ1v) is 4.95. The fourth-order valence-electron chi connectivity index (χ4n) is 2.49. The molecule has 3 nitrogen and oxygen atoms in total. The molecule has 0 radical (unpaired) electrons. The van der Waals surface area contributed by atoms with Crippen LogP contribution in [0.25, 0.3) is 0 Å². The third kappa shape index (κ3) is 1.31. The molecule has 70 valence electrons. The van der Waals surface area contributed by atoms with Crippen molar-refractivity contribution in [3.63, 3.8) is 0 Å². The smallest absolute Gasteiger partial charge is 0.226 e. The molecule has 2 aliphatic rings. The molecule has 2 rings (SSSR count). The molecule has 1 aliphatic carbocycles. The number of hydrogen-bond acceptors (Lipinski definition) is 2. The number of carbonyl (C=O) groups is 1. The first-order valence-electron chi connectivity index (χ1n) is 4.95. The van der Waals surface area contributed by atoms with Crippen molar-refractivity contribution in [2.75, 3.05) is 6.54 Å². The molecule has 3 heteroatoms. The van der Waals surface area contributed by atoms with Crippen molar-refractivity contribution in [3.8, 4) is 6.07 Å². The third-order valence-corrected chi connectivity index (χ3v) is 3.50. The van der Waals surface area contributed by atoms with Gasteiger partial charge in [0.15, 0.2) is 0 Å². The van der Waals surface area contributed by atoms with E-state index in [9.17, 15) is 4.79 Å². The molecule has 0 aromatic heterocycles. The van der Waals surface area contributed by atoms with Crippen LogP contribution in [-0.4, -0.2) is 12.5 Å². The molecule has 0 aromatic carbocycles. The van der Waals surface area contributed by atoms with Crippen LogP contribution in [0.5, 0.6) is 0 Å². The molecule has 1 spiro atoms. The van der Waals surface area contributed by atoms with Crippen molar-refractivity contribution in [2.45, 2.75) is 32.1 Å². The van der Waals surface area contributed by atoms with Gasteiger partial charge in [0.2, 0.25) is 5.91 Å². The van der Waals surface area contributed by atoms with Gasteiger partial charge in [0.1, 0.15) is 0 Å². The molecule has 0 atom stereocenters. The first kappa shape index (κ1) is 8.55. The van der Waals surface area contributed by atoms with Crippen LogP contribution in [0.1, 0.15) is 32.1 Å². The second-order valence-corrected chi connectivity index (χ2v) is 4.19. The van der Waals surface area contributed by atoms with Crippen molar-refractivity contribution < 1.29 is 4.79 Å². The zero-order chi connectivity index (χ0) is 9.31. The summed E-state index contributed by atoms with van der Waals surface area (Å²) in [5, 5.41) is 11.6. The highest BCUT2D eigenvalue weighted by molar-refractivity contribution is 5.84. The van der Waals surface area contributed by atoms with Crippen LogP contribution >= 0.6 is 0 Å². The van der Waals surface area contributed by atoms with Gasteiger partial charge in [0.25, 0.3) is 0 Å². The Balaban J connectivity index is 2.04. The van der Waals surface area contributed by atoms with Crippen molar-refractivity contribution in [3.05, 3.63) is 0 Å². The minimum atomic E-state index is -0.0899. The van der Waals surface area contributed by atoms with Crippen LogP contribution in [-0.2, 0) is 4.79 Å². The molecular weight excluding hydrogens is 164 g/mol. The Bertz CT molecular complexity index is 259. The quantitative estimate of drug-likeness (QED) is 0.606. The van der Waals surface area contributed by atoms with Crippen molar-refractivity contribution >= 4 is 5.91 Å². The monoisotopic (exact) mass is 178 g/mol. The molecular formula is C10H14N2O. The van der Waals surface area contributed by atoms with Gasteiger partial charge in [-0.2, -0.15) is 5.26 Å². The van der Waals surface area contributed by atoms with Crippen molar-refractivity contribution in [2.24, 2.45) is 11.3 Å². The Hall–Kier alpha value is -1.04. The zero-order valence-corrected chi connectivity index (χ0v) is 7.68. The van der Waals surface area contributed by atoms with E-state index in [1.807, 2.05) is 0 Å². The zero-order valence-electron chi connectivity index (χ0n) is 7.68. The van der Waals surface area contributed by atoms with Crippen LogP contribution < -0.4 is 5.32 Å². The van der Waals surface area contributed by atoms with Gasteiger partial charge < -0.3 is 5.32 Å². The Morgan fingerprint density at radius 2 is 2.08 bits per heavy atom. The Labute approximate surface area is 78.1 Å². The molecule has 1 heterocycles. The predicted octanol–water partition coefficient (Wildman–Crippen LogP) is 1.21. The van der Waals surface area contributed by atoms with E-state index in [0.29, 0.717) is 0 Å². The van der Waals surface area contributed by atoms with Crippen molar-refractivity contribution in [1.82, 2.24) is 5.32 Å². The summed E-state index contributed by atoms with van der Waals surface area (Å²) >= 11 is 0. The molecule has 13 heavy (non-hydrogen) atoms. The van der Waals surface area contributed by atoms with E-state index in [0.717, 1.165) is 38.6 Å². The van der Waals surface area contributed by atoms with Crippen molar-refractivity contribution in [1.29, 1.82) is 5.26 Å². The van der Waals surface area contributed by atoms with E-state index in [-0.39, 0.29) is 17.2 Å². The highest BCUT2D eigenvalue weighted by atomic mass is 16.2. The third-order valence-electron chi connectivity index (χ3n) is 3.50. The van der Waals surface area contributed by atoms with Gasteiger partial charge >= 0.3 is 0 Å². The molecule has 0 bridgehead atoms. The van der Waals surface area contributed by atoms with Gasteiger partial charge in [0, 0.05) is 12.5 Å². The largest absolute Gasteiger partial charge is 0.356 e. The summed E-state index contributed by atoms with van der Waals surface area (Å²) < 4.78 is 0. The number of nitriles is 1. The SMILES string of the molecule is N#CC1CCC2(CCNC2=O)CC1. The lowest BCUT2D eigenvalue weighted by Crippen LogP contribution is -2.34. The summed E-state index contributed by atoms with van der Waals surface area (Å²) in [7, 11) is 0. The number of rotatable bonds is 0. The lowest BCUT2D eigenvalue weighted by Gasteiger charge is -2.32. The molecule has 1 N–H and O–H groups in total. The maximum atomic E-state index is 11.6. The van der Waals surface area contributed by atoms with E-state index in [1.165, 1.54) is 0 Å². The van der Waals surface area contributed by atoms with Gasteiger partial charge in [-0.3, -0.25) is 4.79 Å². The molecule has 1 aliphatic heterocycles.